The molecule has 0 unspecified atom stereocenters. The van der Waals surface area contributed by atoms with Gasteiger partial charge in [-0.3, -0.25) is 9.59 Å². The molecule has 5 heteroatoms. The highest BCUT2D eigenvalue weighted by Crippen LogP contribution is 2.40. The quantitative estimate of drug-likeness (QED) is 0.803. The fourth-order valence-corrected chi connectivity index (χ4v) is 4.34. The van der Waals surface area contributed by atoms with E-state index >= 15 is 0 Å². The van der Waals surface area contributed by atoms with Gasteiger partial charge in [0.05, 0.1) is 0 Å². The first kappa shape index (κ1) is 18.5. The molecule has 0 aliphatic carbocycles. The van der Waals surface area contributed by atoms with Gasteiger partial charge >= 0.3 is 0 Å². The fraction of sp³-hybridized carbons (Fsp3) is 0.391. The molecule has 2 aromatic rings. The van der Waals surface area contributed by atoms with Crippen LogP contribution in [0.3, 0.4) is 0 Å². The molecule has 2 fully saturated rings. The van der Waals surface area contributed by atoms with E-state index in [1.54, 1.807) is 0 Å². The summed E-state index contributed by atoms with van der Waals surface area (Å²) in [5.41, 5.74) is 1.05. The molecular weight excluding hydrogens is 352 g/mol. The molecule has 0 N–H and O–H groups in total. The molecule has 0 aromatic heterocycles. The van der Waals surface area contributed by atoms with Crippen LogP contribution in [-0.2, 0) is 16.1 Å². The number of para-hydroxylation sites is 1. The highest BCUT2D eigenvalue weighted by molar-refractivity contribution is 5.80. The summed E-state index contributed by atoms with van der Waals surface area (Å²) in [6.07, 6.45) is 3.17. The summed E-state index contributed by atoms with van der Waals surface area (Å²) >= 11 is 0. The Bertz CT molecular complexity index is 814. The molecular formula is C23H26N2O3. The zero-order valence-corrected chi connectivity index (χ0v) is 16.0. The normalized spacial score (nSPS) is 18.5. The van der Waals surface area contributed by atoms with Crippen molar-refractivity contribution in [2.45, 2.75) is 37.8 Å². The number of carbonyl (C=O) groups is 2. The van der Waals surface area contributed by atoms with Crippen LogP contribution in [0.1, 0.15) is 31.2 Å². The first-order valence-corrected chi connectivity index (χ1v) is 9.96. The number of ether oxygens (including phenoxy) is 1. The van der Waals surface area contributed by atoms with Gasteiger partial charge < -0.3 is 14.5 Å². The van der Waals surface area contributed by atoms with Crippen molar-refractivity contribution in [3.8, 4) is 5.75 Å². The van der Waals surface area contributed by atoms with Gasteiger partial charge in [-0.15, -0.1) is 0 Å². The largest absolute Gasteiger partial charge is 0.484 e. The van der Waals surface area contributed by atoms with Crippen molar-refractivity contribution in [2.24, 2.45) is 0 Å². The Morgan fingerprint density at radius 1 is 0.929 bits per heavy atom. The lowest BCUT2D eigenvalue weighted by atomic mass is 9.84. The topological polar surface area (TPSA) is 49.9 Å². The summed E-state index contributed by atoms with van der Waals surface area (Å²) < 4.78 is 5.60. The molecule has 2 aromatic carbocycles. The summed E-state index contributed by atoms with van der Waals surface area (Å²) in [6, 6.07) is 19.6. The molecule has 2 amide bonds. The number of hydrogen-bond acceptors (Lipinski definition) is 3. The van der Waals surface area contributed by atoms with E-state index in [0.717, 1.165) is 24.8 Å². The molecule has 0 atom stereocenters. The minimum Gasteiger partial charge on any atom is -0.484 e. The standard InChI is InChI=1S/C23H26N2O3/c26-21-11-12-23(25(21)17-19-7-3-1-4-8-19)13-15-24(16-14-23)22(27)18-28-20-9-5-2-6-10-20/h1-10H,11-18H2. The summed E-state index contributed by atoms with van der Waals surface area (Å²) in [5.74, 6) is 0.952. The van der Waals surface area contributed by atoms with E-state index in [-0.39, 0.29) is 24.0 Å². The van der Waals surface area contributed by atoms with E-state index < -0.39 is 0 Å². The van der Waals surface area contributed by atoms with E-state index in [4.69, 9.17) is 4.74 Å². The van der Waals surface area contributed by atoms with Gasteiger partial charge in [-0.2, -0.15) is 0 Å². The van der Waals surface area contributed by atoms with Gasteiger partial charge in [0, 0.05) is 31.6 Å². The van der Waals surface area contributed by atoms with Crippen molar-refractivity contribution in [2.75, 3.05) is 19.7 Å². The molecule has 4 rings (SSSR count). The summed E-state index contributed by atoms with van der Waals surface area (Å²) in [7, 11) is 0. The Morgan fingerprint density at radius 3 is 2.25 bits per heavy atom. The van der Waals surface area contributed by atoms with E-state index in [1.165, 1.54) is 0 Å². The Kier molecular flexibility index (Phi) is 5.33. The first-order chi connectivity index (χ1) is 13.7. The number of amides is 2. The SMILES string of the molecule is O=C(COc1ccccc1)N1CCC2(CCC(=O)N2Cc2ccccc2)CC1. The van der Waals surface area contributed by atoms with Crippen LogP contribution in [-0.4, -0.2) is 46.8 Å². The second kappa shape index (κ2) is 8.05. The highest BCUT2D eigenvalue weighted by atomic mass is 16.5. The third-order valence-electron chi connectivity index (χ3n) is 6.01. The number of nitrogens with zero attached hydrogens (tertiary/aromatic N) is 2. The zero-order chi connectivity index (χ0) is 19.4. The predicted octanol–water partition coefficient (Wildman–Crippen LogP) is 3.25. The van der Waals surface area contributed by atoms with E-state index in [2.05, 4.69) is 17.0 Å². The molecule has 5 nitrogen and oxygen atoms in total. The number of likely N-dealkylation sites (tertiary alicyclic amines) is 2. The summed E-state index contributed by atoms with van der Waals surface area (Å²) in [6.45, 7) is 2.07. The molecule has 0 radical (unpaired) electrons. The van der Waals surface area contributed by atoms with Gasteiger partial charge in [-0.05, 0) is 37.0 Å². The molecule has 1 spiro atoms. The third-order valence-corrected chi connectivity index (χ3v) is 6.01. The maximum Gasteiger partial charge on any atom is 0.260 e. The second-order valence-corrected chi connectivity index (χ2v) is 7.67. The van der Waals surface area contributed by atoms with Crippen molar-refractivity contribution in [3.05, 3.63) is 66.2 Å². The Morgan fingerprint density at radius 2 is 1.57 bits per heavy atom. The average molecular weight is 378 g/mol. The van der Waals surface area contributed by atoms with Crippen LogP contribution in [0.4, 0.5) is 0 Å². The minimum atomic E-state index is -0.107. The Labute approximate surface area is 165 Å². The van der Waals surface area contributed by atoms with Crippen LogP contribution in [0, 0.1) is 0 Å². The van der Waals surface area contributed by atoms with Crippen LogP contribution in [0.25, 0.3) is 0 Å². The molecule has 2 aliphatic rings. The highest BCUT2D eigenvalue weighted by Gasteiger charge is 2.47. The molecule has 2 heterocycles. The van der Waals surface area contributed by atoms with Crippen molar-refractivity contribution < 1.29 is 14.3 Å². The second-order valence-electron chi connectivity index (χ2n) is 7.67. The van der Waals surface area contributed by atoms with Crippen molar-refractivity contribution in [1.82, 2.24) is 9.80 Å². The van der Waals surface area contributed by atoms with Gasteiger partial charge in [-0.1, -0.05) is 48.5 Å². The lowest BCUT2D eigenvalue weighted by molar-refractivity contribution is -0.138. The van der Waals surface area contributed by atoms with Crippen molar-refractivity contribution in [3.63, 3.8) is 0 Å². The first-order valence-electron chi connectivity index (χ1n) is 9.96. The Balaban J connectivity index is 1.35. The minimum absolute atomic E-state index is 0.0117. The summed E-state index contributed by atoms with van der Waals surface area (Å²) in [4.78, 5) is 29.0. The number of benzene rings is 2. The molecule has 0 saturated carbocycles. The van der Waals surface area contributed by atoms with Crippen LogP contribution in [0.15, 0.2) is 60.7 Å². The van der Waals surface area contributed by atoms with Crippen molar-refractivity contribution in [1.29, 1.82) is 0 Å². The lowest BCUT2D eigenvalue weighted by Gasteiger charge is -2.45. The number of hydrogen-bond donors (Lipinski definition) is 0. The maximum absolute atomic E-state index is 12.6. The third kappa shape index (κ3) is 3.88. The zero-order valence-electron chi connectivity index (χ0n) is 16.0. The van der Waals surface area contributed by atoms with Crippen LogP contribution >= 0.6 is 0 Å². The average Bonchev–Trinajstić information content (AvgIpc) is 3.04. The van der Waals surface area contributed by atoms with E-state index in [0.29, 0.717) is 31.8 Å². The lowest BCUT2D eigenvalue weighted by Crippen LogP contribution is -2.54. The van der Waals surface area contributed by atoms with Crippen LogP contribution in [0.5, 0.6) is 5.75 Å². The van der Waals surface area contributed by atoms with Crippen molar-refractivity contribution >= 4 is 11.8 Å². The van der Waals surface area contributed by atoms with E-state index in [1.807, 2.05) is 53.4 Å². The van der Waals surface area contributed by atoms with Gasteiger partial charge in [0.25, 0.3) is 5.91 Å². The molecule has 0 bridgehead atoms. The monoisotopic (exact) mass is 378 g/mol. The van der Waals surface area contributed by atoms with Crippen LogP contribution < -0.4 is 4.74 Å². The fourth-order valence-electron chi connectivity index (χ4n) is 4.34. The molecule has 2 saturated heterocycles. The van der Waals surface area contributed by atoms with Gasteiger partial charge in [0.1, 0.15) is 5.75 Å². The maximum atomic E-state index is 12.6. The molecule has 146 valence electrons. The van der Waals surface area contributed by atoms with Crippen LogP contribution in [0.2, 0.25) is 0 Å². The Hall–Kier alpha value is -2.82. The van der Waals surface area contributed by atoms with E-state index in [9.17, 15) is 9.59 Å². The number of piperidine rings is 1. The number of rotatable bonds is 5. The number of carbonyl (C=O) groups excluding carboxylic acids is 2. The predicted molar refractivity (Wildman–Crippen MR) is 107 cm³/mol. The summed E-state index contributed by atoms with van der Waals surface area (Å²) in [5, 5.41) is 0. The van der Waals surface area contributed by atoms with Gasteiger partial charge in [0.2, 0.25) is 5.91 Å². The molecule has 2 aliphatic heterocycles. The molecule has 28 heavy (non-hydrogen) atoms. The van der Waals surface area contributed by atoms with Gasteiger partial charge in [-0.25, -0.2) is 0 Å². The smallest absolute Gasteiger partial charge is 0.260 e. The van der Waals surface area contributed by atoms with Gasteiger partial charge in [0.15, 0.2) is 6.61 Å².